The fraction of sp³-hybridized carbons (Fsp3) is 0.429. The van der Waals surface area contributed by atoms with Crippen molar-refractivity contribution in [3.8, 4) is 5.75 Å². The fourth-order valence-corrected chi connectivity index (χ4v) is 1.42. The lowest BCUT2D eigenvalue weighted by molar-refractivity contribution is -0.146. The van der Waals surface area contributed by atoms with Gasteiger partial charge in [0, 0.05) is 7.05 Å². The molecule has 104 valence electrons. The maximum atomic E-state index is 11.7. The van der Waals surface area contributed by atoms with Gasteiger partial charge >= 0.3 is 5.97 Å². The second-order valence-corrected chi connectivity index (χ2v) is 4.11. The van der Waals surface area contributed by atoms with Crippen molar-refractivity contribution < 1.29 is 19.1 Å². The van der Waals surface area contributed by atoms with E-state index in [-0.39, 0.29) is 19.1 Å². The SMILES string of the molecule is CCc1ccc(OCC(=O)N(C)CC(=O)OC)cc1. The summed E-state index contributed by atoms with van der Waals surface area (Å²) in [6.07, 6.45) is 0.959. The first-order valence-corrected chi connectivity index (χ1v) is 6.09. The molecule has 0 aromatic heterocycles. The summed E-state index contributed by atoms with van der Waals surface area (Å²) in [5, 5.41) is 0. The summed E-state index contributed by atoms with van der Waals surface area (Å²) in [6.45, 7) is 1.90. The first kappa shape index (κ1) is 15.0. The number of hydrogen-bond acceptors (Lipinski definition) is 4. The molecule has 0 aliphatic heterocycles. The molecule has 0 N–H and O–H groups in total. The van der Waals surface area contributed by atoms with E-state index in [9.17, 15) is 9.59 Å². The Hall–Kier alpha value is -2.04. The van der Waals surface area contributed by atoms with E-state index in [0.717, 1.165) is 6.42 Å². The van der Waals surface area contributed by atoms with Crippen LogP contribution in [0.1, 0.15) is 12.5 Å². The molecular weight excluding hydrogens is 246 g/mol. The second kappa shape index (κ2) is 7.41. The van der Waals surface area contributed by atoms with Crippen LogP contribution in [0.2, 0.25) is 0 Å². The second-order valence-electron chi connectivity index (χ2n) is 4.11. The Morgan fingerprint density at radius 3 is 2.37 bits per heavy atom. The number of benzene rings is 1. The van der Waals surface area contributed by atoms with E-state index in [2.05, 4.69) is 11.7 Å². The van der Waals surface area contributed by atoms with Crippen LogP contribution >= 0.6 is 0 Å². The zero-order chi connectivity index (χ0) is 14.3. The minimum absolute atomic E-state index is 0.0759. The molecule has 0 fully saturated rings. The molecule has 1 amide bonds. The highest BCUT2D eigenvalue weighted by Gasteiger charge is 2.13. The zero-order valence-corrected chi connectivity index (χ0v) is 11.5. The summed E-state index contributed by atoms with van der Waals surface area (Å²) >= 11 is 0. The Labute approximate surface area is 113 Å². The van der Waals surface area contributed by atoms with E-state index >= 15 is 0 Å². The molecule has 19 heavy (non-hydrogen) atoms. The minimum atomic E-state index is -0.455. The van der Waals surface area contributed by atoms with Crippen LogP contribution in [0.5, 0.6) is 5.75 Å². The van der Waals surface area contributed by atoms with Crippen LogP contribution in [0.4, 0.5) is 0 Å². The van der Waals surface area contributed by atoms with Gasteiger partial charge in [-0.3, -0.25) is 9.59 Å². The fourth-order valence-electron chi connectivity index (χ4n) is 1.42. The number of esters is 1. The number of amides is 1. The summed E-state index contributed by atoms with van der Waals surface area (Å²) < 4.78 is 9.85. The third kappa shape index (κ3) is 4.99. The number of carbonyl (C=O) groups excluding carboxylic acids is 2. The van der Waals surface area contributed by atoms with Crippen LogP contribution < -0.4 is 4.74 Å². The van der Waals surface area contributed by atoms with Gasteiger partial charge in [0.1, 0.15) is 12.3 Å². The lowest BCUT2D eigenvalue weighted by Gasteiger charge is -2.15. The van der Waals surface area contributed by atoms with Gasteiger partial charge in [0.15, 0.2) is 6.61 Å². The van der Waals surface area contributed by atoms with Gasteiger partial charge in [0.05, 0.1) is 7.11 Å². The Morgan fingerprint density at radius 2 is 1.84 bits per heavy atom. The van der Waals surface area contributed by atoms with Crippen LogP contribution in [-0.2, 0) is 20.7 Å². The molecule has 5 nitrogen and oxygen atoms in total. The van der Waals surface area contributed by atoms with Gasteiger partial charge in [0.2, 0.25) is 0 Å². The monoisotopic (exact) mass is 265 g/mol. The molecule has 0 heterocycles. The molecule has 1 aromatic rings. The molecule has 0 aliphatic rings. The standard InChI is InChI=1S/C14H19NO4/c1-4-11-5-7-12(8-6-11)19-10-13(16)15(2)9-14(17)18-3/h5-8H,4,9-10H2,1-3H3. The molecule has 0 bridgehead atoms. The Balaban J connectivity index is 2.42. The molecule has 5 heteroatoms. The molecular formula is C14H19NO4. The van der Waals surface area contributed by atoms with E-state index in [1.807, 2.05) is 24.3 Å². The minimum Gasteiger partial charge on any atom is -0.484 e. The van der Waals surface area contributed by atoms with Gasteiger partial charge in [0.25, 0.3) is 5.91 Å². The zero-order valence-electron chi connectivity index (χ0n) is 11.5. The van der Waals surface area contributed by atoms with Gasteiger partial charge < -0.3 is 14.4 Å². The van der Waals surface area contributed by atoms with Crippen molar-refractivity contribution in [1.29, 1.82) is 0 Å². The number of carbonyl (C=O) groups is 2. The molecule has 0 aliphatic carbocycles. The predicted octanol–water partition coefficient (Wildman–Crippen LogP) is 1.26. The molecule has 0 radical (unpaired) electrons. The van der Waals surface area contributed by atoms with Crippen molar-refractivity contribution >= 4 is 11.9 Å². The first-order chi connectivity index (χ1) is 9.06. The van der Waals surface area contributed by atoms with Gasteiger partial charge in [-0.05, 0) is 24.1 Å². The highest BCUT2D eigenvalue weighted by molar-refractivity contribution is 5.82. The van der Waals surface area contributed by atoms with Crippen molar-refractivity contribution in [1.82, 2.24) is 4.90 Å². The van der Waals surface area contributed by atoms with Crippen LogP contribution in [-0.4, -0.2) is 44.1 Å². The molecule has 0 saturated heterocycles. The van der Waals surface area contributed by atoms with Crippen molar-refractivity contribution in [2.45, 2.75) is 13.3 Å². The molecule has 1 aromatic carbocycles. The largest absolute Gasteiger partial charge is 0.484 e. The lowest BCUT2D eigenvalue weighted by atomic mass is 10.2. The summed E-state index contributed by atoms with van der Waals surface area (Å²) in [5.41, 5.74) is 1.21. The molecule has 0 spiro atoms. The van der Waals surface area contributed by atoms with E-state index < -0.39 is 5.97 Å². The normalized spacial score (nSPS) is 9.84. The van der Waals surface area contributed by atoms with Gasteiger partial charge in [-0.1, -0.05) is 19.1 Å². The number of rotatable bonds is 6. The Kier molecular flexibility index (Phi) is 5.85. The smallest absolute Gasteiger partial charge is 0.325 e. The third-order valence-corrected chi connectivity index (χ3v) is 2.71. The van der Waals surface area contributed by atoms with E-state index in [1.165, 1.54) is 24.6 Å². The van der Waals surface area contributed by atoms with Gasteiger partial charge in [-0.2, -0.15) is 0 Å². The van der Waals surface area contributed by atoms with Crippen LogP contribution in [0.3, 0.4) is 0 Å². The van der Waals surface area contributed by atoms with Crippen LogP contribution in [0.15, 0.2) is 24.3 Å². The van der Waals surface area contributed by atoms with E-state index in [4.69, 9.17) is 4.74 Å². The maximum absolute atomic E-state index is 11.7. The maximum Gasteiger partial charge on any atom is 0.325 e. The molecule has 1 rings (SSSR count). The first-order valence-electron chi connectivity index (χ1n) is 6.09. The summed E-state index contributed by atoms with van der Waals surface area (Å²) in [7, 11) is 2.81. The number of hydrogen-bond donors (Lipinski definition) is 0. The number of methoxy groups -OCH3 is 1. The Morgan fingerprint density at radius 1 is 1.21 bits per heavy atom. The number of likely N-dealkylation sites (N-methyl/N-ethyl adjacent to an activating group) is 1. The molecule has 0 unspecified atom stereocenters. The summed E-state index contributed by atoms with van der Waals surface area (Å²) in [6, 6.07) is 7.56. The highest BCUT2D eigenvalue weighted by atomic mass is 16.5. The number of aryl methyl sites for hydroxylation is 1. The Bertz CT molecular complexity index is 428. The number of ether oxygens (including phenoxy) is 2. The van der Waals surface area contributed by atoms with Gasteiger partial charge in [-0.15, -0.1) is 0 Å². The van der Waals surface area contributed by atoms with E-state index in [0.29, 0.717) is 5.75 Å². The van der Waals surface area contributed by atoms with E-state index in [1.54, 1.807) is 0 Å². The summed E-state index contributed by atoms with van der Waals surface area (Å²) in [4.78, 5) is 24.0. The number of nitrogens with zero attached hydrogens (tertiary/aromatic N) is 1. The average Bonchev–Trinajstić information content (AvgIpc) is 2.44. The summed E-state index contributed by atoms with van der Waals surface area (Å²) in [5.74, 6) is -0.0925. The van der Waals surface area contributed by atoms with Crippen molar-refractivity contribution in [2.24, 2.45) is 0 Å². The highest BCUT2D eigenvalue weighted by Crippen LogP contribution is 2.12. The average molecular weight is 265 g/mol. The quantitative estimate of drug-likeness (QED) is 0.727. The van der Waals surface area contributed by atoms with Crippen molar-refractivity contribution in [2.75, 3.05) is 27.3 Å². The van der Waals surface area contributed by atoms with Crippen LogP contribution in [0, 0.1) is 0 Å². The lowest BCUT2D eigenvalue weighted by Crippen LogP contribution is -2.35. The van der Waals surface area contributed by atoms with Crippen molar-refractivity contribution in [3.63, 3.8) is 0 Å². The van der Waals surface area contributed by atoms with Gasteiger partial charge in [-0.25, -0.2) is 0 Å². The third-order valence-electron chi connectivity index (χ3n) is 2.71. The molecule has 0 atom stereocenters. The topological polar surface area (TPSA) is 55.8 Å². The van der Waals surface area contributed by atoms with Crippen LogP contribution in [0.25, 0.3) is 0 Å². The molecule has 0 saturated carbocycles. The predicted molar refractivity (Wildman–Crippen MR) is 71.0 cm³/mol. The van der Waals surface area contributed by atoms with Crippen molar-refractivity contribution in [3.05, 3.63) is 29.8 Å².